The summed E-state index contributed by atoms with van der Waals surface area (Å²) < 4.78 is 13.5. The maximum Gasteiger partial charge on any atom is 0.235 e. The van der Waals surface area contributed by atoms with Crippen LogP contribution in [0, 0.1) is 0 Å². The van der Waals surface area contributed by atoms with E-state index in [1.165, 1.54) is 11.3 Å². The third kappa shape index (κ3) is 2.72. The lowest BCUT2D eigenvalue weighted by Crippen LogP contribution is -2.23. The zero-order valence-electron chi connectivity index (χ0n) is 13.6. The summed E-state index contributed by atoms with van der Waals surface area (Å²) in [5.74, 6) is 2.10. The first-order valence-corrected chi connectivity index (χ1v) is 9.02. The van der Waals surface area contributed by atoms with E-state index >= 15 is 0 Å². The molecule has 0 N–H and O–H groups in total. The molecule has 0 spiro atoms. The highest BCUT2D eigenvalue weighted by Gasteiger charge is 2.27. The van der Waals surface area contributed by atoms with Crippen LogP contribution in [0.25, 0.3) is 17.1 Å². The maximum atomic E-state index is 6.02. The van der Waals surface area contributed by atoms with Crippen molar-refractivity contribution < 1.29 is 9.47 Å². The molecule has 0 fully saturated rings. The minimum Gasteiger partial charge on any atom is -0.485 e. The van der Waals surface area contributed by atoms with Crippen molar-refractivity contribution in [1.29, 1.82) is 0 Å². The largest absolute Gasteiger partial charge is 0.485 e. The molecule has 0 bridgehead atoms. The van der Waals surface area contributed by atoms with E-state index in [-0.39, 0.29) is 6.10 Å². The summed E-state index contributed by atoms with van der Waals surface area (Å²) in [5.41, 5.74) is 1.12. The molecule has 0 saturated carbocycles. The van der Waals surface area contributed by atoms with E-state index in [0.29, 0.717) is 18.2 Å². The average Bonchev–Trinajstić information content (AvgIpc) is 3.27. The van der Waals surface area contributed by atoms with Crippen molar-refractivity contribution in [1.82, 2.24) is 19.8 Å². The lowest BCUT2D eigenvalue weighted by Gasteiger charge is -2.24. The van der Waals surface area contributed by atoms with E-state index in [9.17, 15) is 0 Å². The van der Waals surface area contributed by atoms with E-state index < -0.39 is 0 Å². The summed E-state index contributed by atoms with van der Waals surface area (Å²) in [6.07, 6.45) is 3.67. The van der Waals surface area contributed by atoms with Gasteiger partial charge < -0.3 is 9.47 Å². The Labute approximate surface area is 153 Å². The Kier molecular flexibility index (Phi) is 3.64. The molecule has 1 aliphatic rings. The average molecular weight is 362 g/mol. The SMILES string of the molecule is C(=C\c1nn2c([C@H]3COc4ccccc4O3)nnc2s1)/c1ccccc1. The Balaban J connectivity index is 1.43. The predicted molar refractivity (Wildman–Crippen MR) is 99.3 cm³/mol. The molecule has 0 amide bonds. The van der Waals surface area contributed by atoms with Gasteiger partial charge in [0.15, 0.2) is 23.4 Å². The van der Waals surface area contributed by atoms with Crippen LogP contribution in [0.5, 0.6) is 11.5 Å². The highest BCUT2D eigenvalue weighted by atomic mass is 32.1. The van der Waals surface area contributed by atoms with Gasteiger partial charge in [-0.1, -0.05) is 59.9 Å². The minimum atomic E-state index is -0.340. The Morgan fingerprint density at radius 1 is 0.962 bits per heavy atom. The van der Waals surface area contributed by atoms with Crippen LogP contribution in [0.1, 0.15) is 22.5 Å². The van der Waals surface area contributed by atoms with Crippen LogP contribution in [0.3, 0.4) is 0 Å². The number of rotatable bonds is 3. The smallest absolute Gasteiger partial charge is 0.235 e. The van der Waals surface area contributed by atoms with Crippen molar-refractivity contribution in [3.8, 4) is 11.5 Å². The standard InChI is InChI=1S/C19H14N4O2S/c1-2-6-13(7-3-1)10-11-17-22-23-18(20-21-19(23)26-17)16-12-24-14-8-4-5-9-15(14)25-16/h1-11,16H,12H2/b11-10+/t16-/m1/s1. The molecular weight excluding hydrogens is 348 g/mol. The number of aromatic nitrogens is 4. The Morgan fingerprint density at radius 2 is 1.77 bits per heavy atom. The molecule has 6 nitrogen and oxygen atoms in total. The fourth-order valence-corrected chi connectivity index (χ4v) is 3.54. The van der Waals surface area contributed by atoms with Gasteiger partial charge in [-0.05, 0) is 23.8 Å². The molecule has 0 saturated heterocycles. The topological polar surface area (TPSA) is 61.5 Å². The molecule has 1 aliphatic heterocycles. The van der Waals surface area contributed by atoms with Gasteiger partial charge in [0, 0.05) is 0 Å². The van der Waals surface area contributed by atoms with E-state index in [1.807, 2.05) is 66.7 Å². The van der Waals surface area contributed by atoms with Gasteiger partial charge in [-0.15, -0.1) is 10.2 Å². The van der Waals surface area contributed by atoms with Gasteiger partial charge in [0.25, 0.3) is 0 Å². The van der Waals surface area contributed by atoms with E-state index in [2.05, 4.69) is 15.3 Å². The Bertz CT molecular complexity index is 1090. The van der Waals surface area contributed by atoms with Gasteiger partial charge >= 0.3 is 0 Å². The quantitative estimate of drug-likeness (QED) is 0.554. The molecule has 7 heteroatoms. The zero-order chi connectivity index (χ0) is 17.3. The van der Waals surface area contributed by atoms with Crippen LogP contribution in [0.2, 0.25) is 0 Å². The second-order valence-electron chi connectivity index (χ2n) is 5.80. The number of benzene rings is 2. The first kappa shape index (κ1) is 15.1. The van der Waals surface area contributed by atoms with Gasteiger partial charge in [0.2, 0.25) is 4.96 Å². The van der Waals surface area contributed by atoms with Crippen LogP contribution < -0.4 is 9.47 Å². The van der Waals surface area contributed by atoms with Crippen molar-refractivity contribution in [3.63, 3.8) is 0 Å². The number of hydrogen-bond acceptors (Lipinski definition) is 6. The molecule has 3 heterocycles. The molecule has 2 aromatic carbocycles. The third-order valence-corrected chi connectivity index (χ3v) is 4.91. The summed E-state index contributed by atoms with van der Waals surface area (Å²) in [7, 11) is 0. The van der Waals surface area contributed by atoms with Crippen LogP contribution in [0.15, 0.2) is 54.6 Å². The minimum absolute atomic E-state index is 0.340. The van der Waals surface area contributed by atoms with Crippen molar-refractivity contribution in [3.05, 3.63) is 71.0 Å². The number of nitrogens with zero attached hydrogens (tertiary/aromatic N) is 4. The first-order chi connectivity index (χ1) is 12.9. The van der Waals surface area contributed by atoms with Crippen LogP contribution in [-0.4, -0.2) is 26.4 Å². The molecule has 1 atom stereocenters. The fourth-order valence-electron chi connectivity index (χ4n) is 2.79. The van der Waals surface area contributed by atoms with Crippen LogP contribution in [-0.2, 0) is 0 Å². The molecule has 5 rings (SSSR count). The molecular formula is C19H14N4O2S. The second-order valence-corrected chi connectivity index (χ2v) is 6.79. The molecule has 0 radical (unpaired) electrons. The zero-order valence-corrected chi connectivity index (χ0v) is 14.5. The summed E-state index contributed by atoms with van der Waals surface area (Å²) in [4.78, 5) is 0.732. The van der Waals surface area contributed by atoms with Gasteiger partial charge in [0.1, 0.15) is 11.6 Å². The number of hydrogen-bond donors (Lipinski definition) is 0. The Hall–Kier alpha value is -3.19. The van der Waals surface area contributed by atoms with E-state index in [1.54, 1.807) is 4.52 Å². The first-order valence-electron chi connectivity index (χ1n) is 8.20. The van der Waals surface area contributed by atoms with Crippen LogP contribution in [0.4, 0.5) is 0 Å². The predicted octanol–water partition coefficient (Wildman–Crippen LogP) is 3.87. The van der Waals surface area contributed by atoms with Crippen molar-refractivity contribution in [2.75, 3.05) is 6.61 Å². The van der Waals surface area contributed by atoms with E-state index in [0.717, 1.165) is 21.3 Å². The van der Waals surface area contributed by atoms with Crippen molar-refractivity contribution in [2.24, 2.45) is 0 Å². The summed E-state index contributed by atoms with van der Waals surface area (Å²) in [6, 6.07) is 17.7. The number of ether oxygens (including phenoxy) is 2. The number of para-hydroxylation sites is 2. The third-order valence-electron chi connectivity index (χ3n) is 4.05. The molecule has 2 aromatic heterocycles. The lowest BCUT2D eigenvalue weighted by molar-refractivity contribution is 0.0836. The number of fused-ring (bicyclic) bond motifs is 2. The monoisotopic (exact) mass is 362 g/mol. The Morgan fingerprint density at radius 3 is 2.65 bits per heavy atom. The maximum absolute atomic E-state index is 6.02. The van der Waals surface area contributed by atoms with E-state index in [4.69, 9.17) is 9.47 Å². The molecule has 4 aromatic rings. The summed E-state index contributed by atoms with van der Waals surface area (Å²) in [6.45, 7) is 0.379. The normalized spacial score (nSPS) is 16.4. The second kappa shape index (κ2) is 6.27. The highest BCUT2D eigenvalue weighted by Crippen LogP contribution is 2.35. The summed E-state index contributed by atoms with van der Waals surface area (Å²) in [5, 5.41) is 13.9. The fraction of sp³-hybridized carbons (Fsp3) is 0.105. The van der Waals surface area contributed by atoms with Gasteiger partial charge in [-0.3, -0.25) is 0 Å². The van der Waals surface area contributed by atoms with Crippen molar-refractivity contribution in [2.45, 2.75) is 6.10 Å². The molecule has 128 valence electrons. The van der Waals surface area contributed by atoms with Gasteiger partial charge in [0.05, 0.1) is 0 Å². The highest BCUT2D eigenvalue weighted by molar-refractivity contribution is 7.17. The summed E-state index contributed by atoms with van der Waals surface area (Å²) >= 11 is 1.48. The molecule has 0 unspecified atom stereocenters. The van der Waals surface area contributed by atoms with Crippen molar-refractivity contribution >= 4 is 28.4 Å². The van der Waals surface area contributed by atoms with Gasteiger partial charge in [-0.2, -0.15) is 9.61 Å². The lowest BCUT2D eigenvalue weighted by atomic mass is 10.2. The van der Waals surface area contributed by atoms with Gasteiger partial charge in [-0.25, -0.2) is 0 Å². The molecule has 0 aliphatic carbocycles. The van der Waals surface area contributed by atoms with Crippen LogP contribution >= 0.6 is 11.3 Å². The molecule has 26 heavy (non-hydrogen) atoms.